The van der Waals surface area contributed by atoms with Crippen molar-refractivity contribution in [2.75, 3.05) is 33.3 Å². The molecule has 1 aliphatic carbocycles. The fraction of sp³-hybridized carbons (Fsp3) is 0.419. The van der Waals surface area contributed by atoms with Crippen molar-refractivity contribution in [1.29, 1.82) is 0 Å². The molecule has 49 heavy (non-hydrogen) atoms. The van der Waals surface area contributed by atoms with E-state index in [0.717, 1.165) is 67.9 Å². The first-order valence-electron chi connectivity index (χ1n) is 18.2. The van der Waals surface area contributed by atoms with E-state index in [1.807, 2.05) is 36.4 Å². The average molecular weight is 663 g/mol. The van der Waals surface area contributed by atoms with Gasteiger partial charge in [0.2, 0.25) is 0 Å². The van der Waals surface area contributed by atoms with Crippen molar-refractivity contribution in [3.63, 3.8) is 0 Å². The lowest BCUT2D eigenvalue weighted by atomic mass is 9.86. The molecule has 0 radical (unpaired) electrons. The number of unbranched alkanes of at least 4 members (excludes halogenated alkanes) is 3. The van der Waals surface area contributed by atoms with Gasteiger partial charge in [-0.1, -0.05) is 98.6 Å². The Balaban J connectivity index is 1.08. The number of rotatable bonds is 20. The summed E-state index contributed by atoms with van der Waals surface area (Å²) < 4.78 is 17.7. The van der Waals surface area contributed by atoms with Gasteiger partial charge in [0.05, 0.1) is 12.7 Å². The SMILES string of the molecule is CCCN(CCCCCCNCCc1ccc(C(=O)OC)cc1)C1CCc2c(ccc(OCc3ccccc3)c2OCc2ccccc2)C1. The molecule has 0 aliphatic heterocycles. The van der Waals surface area contributed by atoms with Gasteiger partial charge in [-0.15, -0.1) is 0 Å². The zero-order valence-corrected chi connectivity index (χ0v) is 29.5. The smallest absolute Gasteiger partial charge is 0.337 e. The zero-order valence-electron chi connectivity index (χ0n) is 29.5. The Hall–Kier alpha value is -4.13. The molecular formula is C43H54N2O4. The van der Waals surface area contributed by atoms with E-state index in [2.05, 4.69) is 77.8 Å². The number of nitrogens with zero attached hydrogens (tertiary/aromatic N) is 1. The summed E-state index contributed by atoms with van der Waals surface area (Å²) >= 11 is 0. The van der Waals surface area contributed by atoms with E-state index in [1.54, 1.807) is 0 Å². The van der Waals surface area contributed by atoms with Crippen LogP contribution < -0.4 is 14.8 Å². The molecule has 5 rings (SSSR count). The van der Waals surface area contributed by atoms with Gasteiger partial charge >= 0.3 is 5.97 Å². The second-order valence-electron chi connectivity index (χ2n) is 13.1. The van der Waals surface area contributed by atoms with Crippen LogP contribution in [0.4, 0.5) is 0 Å². The van der Waals surface area contributed by atoms with Gasteiger partial charge in [0, 0.05) is 11.6 Å². The van der Waals surface area contributed by atoms with Crippen LogP contribution in [0.15, 0.2) is 97.1 Å². The molecule has 0 amide bonds. The molecule has 0 saturated heterocycles. The highest BCUT2D eigenvalue weighted by Gasteiger charge is 2.27. The van der Waals surface area contributed by atoms with Crippen molar-refractivity contribution >= 4 is 5.97 Å². The van der Waals surface area contributed by atoms with Crippen LogP contribution >= 0.6 is 0 Å². The van der Waals surface area contributed by atoms with Gasteiger partial charge in [0.25, 0.3) is 0 Å². The van der Waals surface area contributed by atoms with Gasteiger partial charge < -0.3 is 24.4 Å². The highest BCUT2D eigenvalue weighted by Crippen LogP contribution is 2.39. The first kappa shape index (κ1) is 36.2. The van der Waals surface area contributed by atoms with Crippen LogP contribution in [0.2, 0.25) is 0 Å². The van der Waals surface area contributed by atoms with Crippen LogP contribution in [0.25, 0.3) is 0 Å². The summed E-state index contributed by atoms with van der Waals surface area (Å²) in [5, 5.41) is 3.59. The first-order valence-corrected chi connectivity index (χ1v) is 18.2. The van der Waals surface area contributed by atoms with Crippen molar-refractivity contribution in [3.8, 4) is 11.5 Å². The molecule has 4 aromatic carbocycles. The summed E-state index contributed by atoms with van der Waals surface area (Å²) in [6.45, 7) is 7.67. The van der Waals surface area contributed by atoms with Crippen LogP contribution in [0.5, 0.6) is 11.5 Å². The van der Waals surface area contributed by atoms with Crippen LogP contribution in [0.3, 0.4) is 0 Å². The number of carbonyl (C=O) groups excluding carboxylic acids is 1. The third-order valence-corrected chi connectivity index (χ3v) is 9.51. The van der Waals surface area contributed by atoms with E-state index in [-0.39, 0.29) is 5.97 Å². The van der Waals surface area contributed by atoms with Crippen LogP contribution in [-0.4, -0.2) is 50.2 Å². The molecule has 1 unspecified atom stereocenters. The molecule has 6 heteroatoms. The molecule has 1 N–H and O–H groups in total. The standard InChI is InChI=1S/C43H54N2O4/c1-3-29-45(30-13-5-4-12-27-44-28-26-34-18-20-37(21-19-34)43(46)47-2)39-23-24-40-38(31-39)22-25-41(48-32-35-14-8-6-9-15-35)42(40)49-33-36-16-10-7-11-17-36/h6-11,14-22,25,39,44H,3-5,12-13,23-24,26-33H2,1-2H3. The number of nitrogens with one attached hydrogen (secondary N) is 1. The van der Waals surface area contributed by atoms with E-state index in [0.29, 0.717) is 24.8 Å². The molecule has 1 atom stereocenters. The Bertz CT molecular complexity index is 1540. The fourth-order valence-corrected chi connectivity index (χ4v) is 6.79. The van der Waals surface area contributed by atoms with Crippen molar-refractivity contribution in [3.05, 3.63) is 130 Å². The summed E-state index contributed by atoms with van der Waals surface area (Å²) in [7, 11) is 1.41. The van der Waals surface area contributed by atoms with E-state index in [4.69, 9.17) is 14.2 Å². The number of hydrogen-bond acceptors (Lipinski definition) is 6. The Morgan fingerprint density at radius 2 is 1.45 bits per heavy atom. The quantitative estimate of drug-likeness (QED) is 0.0756. The van der Waals surface area contributed by atoms with Crippen LogP contribution in [0.1, 0.15) is 83.6 Å². The predicted octanol–water partition coefficient (Wildman–Crippen LogP) is 8.59. The fourth-order valence-electron chi connectivity index (χ4n) is 6.79. The molecule has 0 aromatic heterocycles. The van der Waals surface area contributed by atoms with Gasteiger partial charge in [0.1, 0.15) is 13.2 Å². The summed E-state index contributed by atoms with van der Waals surface area (Å²) in [5.74, 6) is 1.47. The Morgan fingerprint density at radius 1 is 0.755 bits per heavy atom. The molecule has 0 fully saturated rings. The largest absolute Gasteiger partial charge is 0.485 e. The highest BCUT2D eigenvalue weighted by molar-refractivity contribution is 5.89. The van der Waals surface area contributed by atoms with Crippen molar-refractivity contribution in [1.82, 2.24) is 10.2 Å². The van der Waals surface area contributed by atoms with E-state index in [9.17, 15) is 4.79 Å². The van der Waals surface area contributed by atoms with Gasteiger partial charge in [-0.2, -0.15) is 0 Å². The zero-order chi connectivity index (χ0) is 34.1. The maximum Gasteiger partial charge on any atom is 0.337 e. The molecule has 1 aliphatic rings. The summed E-state index contributed by atoms with van der Waals surface area (Å²) in [4.78, 5) is 14.4. The summed E-state index contributed by atoms with van der Waals surface area (Å²) in [6, 6.07) is 33.4. The Labute approximate surface area is 293 Å². The van der Waals surface area contributed by atoms with E-state index >= 15 is 0 Å². The van der Waals surface area contributed by atoms with E-state index in [1.165, 1.54) is 62.4 Å². The summed E-state index contributed by atoms with van der Waals surface area (Å²) in [5.41, 5.74) is 6.87. The Morgan fingerprint density at radius 3 is 2.14 bits per heavy atom. The first-order chi connectivity index (χ1) is 24.1. The predicted molar refractivity (Wildman–Crippen MR) is 198 cm³/mol. The number of hydrogen-bond donors (Lipinski definition) is 1. The third kappa shape index (κ3) is 11.2. The number of methoxy groups -OCH3 is 1. The van der Waals surface area contributed by atoms with Gasteiger partial charge in [-0.3, -0.25) is 0 Å². The molecule has 0 heterocycles. The molecule has 4 aromatic rings. The molecule has 0 saturated carbocycles. The normalized spacial score (nSPS) is 14.0. The van der Waals surface area contributed by atoms with Gasteiger partial charge in [0.15, 0.2) is 11.5 Å². The average Bonchev–Trinajstić information content (AvgIpc) is 3.15. The number of carbonyl (C=O) groups is 1. The second kappa shape index (κ2) is 19.8. The molecular weight excluding hydrogens is 608 g/mol. The van der Waals surface area contributed by atoms with Crippen molar-refractivity contribution < 1.29 is 19.0 Å². The minimum Gasteiger partial charge on any atom is -0.485 e. The number of esters is 1. The lowest BCUT2D eigenvalue weighted by molar-refractivity contribution is 0.0600. The molecule has 6 nitrogen and oxygen atoms in total. The molecule has 260 valence electrons. The number of ether oxygens (including phenoxy) is 3. The van der Waals surface area contributed by atoms with Crippen molar-refractivity contribution in [2.45, 2.75) is 84.0 Å². The maximum absolute atomic E-state index is 11.6. The van der Waals surface area contributed by atoms with Crippen LogP contribution in [0, 0.1) is 0 Å². The number of fused-ring (bicyclic) bond motifs is 1. The third-order valence-electron chi connectivity index (χ3n) is 9.51. The topological polar surface area (TPSA) is 60.0 Å². The molecule has 0 bridgehead atoms. The van der Waals surface area contributed by atoms with Crippen molar-refractivity contribution in [2.24, 2.45) is 0 Å². The Kier molecular flexibility index (Phi) is 14.6. The second-order valence-corrected chi connectivity index (χ2v) is 13.1. The summed E-state index contributed by atoms with van der Waals surface area (Å²) in [6.07, 6.45) is 10.3. The lowest BCUT2D eigenvalue weighted by Gasteiger charge is -2.36. The maximum atomic E-state index is 11.6. The van der Waals surface area contributed by atoms with E-state index < -0.39 is 0 Å². The van der Waals surface area contributed by atoms with Gasteiger partial charge in [-0.05, 0) is 112 Å². The number of benzene rings is 4. The minimum absolute atomic E-state index is 0.287. The van der Waals surface area contributed by atoms with Gasteiger partial charge in [-0.25, -0.2) is 4.79 Å². The minimum atomic E-state index is -0.287. The molecule has 0 spiro atoms. The van der Waals surface area contributed by atoms with Crippen LogP contribution in [-0.2, 0) is 37.2 Å². The lowest BCUT2D eigenvalue weighted by Crippen LogP contribution is -2.40. The highest BCUT2D eigenvalue weighted by atomic mass is 16.5. The monoisotopic (exact) mass is 662 g/mol.